The molecule has 31 heavy (non-hydrogen) atoms. The zero-order valence-electron chi connectivity index (χ0n) is 17.3. The molecule has 0 radical (unpaired) electrons. The van der Waals surface area contributed by atoms with Gasteiger partial charge in [-0.05, 0) is 30.0 Å². The van der Waals surface area contributed by atoms with E-state index in [1.807, 2.05) is 52.4 Å². The number of nitrogens with one attached hydrogen (secondary N) is 2. The first-order valence-electron chi connectivity index (χ1n) is 9.88. The highest BCUT2D eigenvalue weighted by Crippen LogP contribution is 2.23. The normalized spacial score (nSPS) is 11.3. The number of amides is 2. The topological polar surface area (TPSA) is 96.2 Å². The lowest BCUT2D eigenvalue weighted by molar-refractivity contribution is -0.121. The summed E-state index contributed by atoms with van der Waals surface area (Å²) < 4.78 is 6.81. The molecule has 160 valence electrons. The first-order chi connectivity index (χ1) is 15.1. The molecule has 8 heteroatoms. The number of hydrogen-bond acceptors (Lipinski definition) is 5. The molecule has 0 saturated heterocycles. The number of para-hydroxylation sites is 1. The minimum atomic E-state index is -0.427. The van der Waals surface area contributed by atoms with Gasteiger partial charge in [-0.2, -0.15) is 5.26 Å². The van der Waals surface area contributed by atoms with Gasteiger partial charge < -0.3 is 19.9 Å². The molecule has 1 aromatic carbocycles. The minimum Gasteiger partial charge on any atom is -0.385 e. The van der Waals surface area contributed by atoms with E-state index < -0.39 is 5.91 Å². The van der Waals surface area contributed by atoms with Gasteiger partial charge in [0.2, 0.25) is 5.91 Å². The highest BCUT2D eigenvalue weighted by Gasteiger charge is 2.14. The zero-order chi connectivity index (χ0) is 22.1. The molecule has 7 nitrogen and oxygen atoms in total. The average molecular weight is 437 g/mol. The number of aromatic nitrogens is 1. The number of thiophene rings is 1. The van der Waals surface area contributed by atoms with Crippen LogP contribution in [0.15, 0.2) is 53.5 Å². The third-order valence-electron chi connectivity index (χ3n) is 4.65. The Bertz CT molecular complexity index is 1110. The maximum absolute atomic E-state index is 12.5. The van der Waals surface area contributed by atoms with Crippen LogP contribution in [0.3, 0.4) is 0 Å². The maximum Gasteiger partial charge on any atom is 0.262 e. The third-order valence-corrected chi connectivity index (χ3v) is 5.53. The first-order valence-corrected chi connectivity index (χ1v) is 10.8. The van der Waals surface area contributed by atoms with Crippen LogP contribution < -0.4 is 10.6 Å². The van der Waals surface area contributed by atoms with Crippen molar-refractivity contribution in [1.29, 1.82) is 5.26 Å². The fourth-order valence-corrected chi connectivity index (χ4v) is 3.80. The van der Waals surface area contributed by atoms with E-state index in [1.54, 1.807) is 30.7 Å². The lowest BCUT2D eigenvalue weighted by atomic mass is 10.1. The molecule has 2 aromatic heterocycles. The Morgan fingerprint density at radius 1 is 1.23 bits per heavy atom. The molecule has 0 spiro atoms. The van der Waals surface area contributed by atoms with Gasteiger partial charge in [-0.15, -0.1) is 11.3 Å². The number of carbonyl (C=O) groups is 2. The van der Waals surface area contributed by atoms with E-state index in [2.05, 4.69) is 10.6 Å². The molecule has 0 atom stereocenters. The number of carbonyl (C=O) groups excluding carboxylic acids is 2. The Morgan fingerprint density at radius 2 is 2.06 bits per heavy atom. The van der Waals surface area contributed by atoms with Crippen LogP contribution in [0.25, 0.3) is 17.0 Å². The molecule has 0 aliphatic heterocycles. The average Bonchev–Trinajstić information content (AvgIpc) is 3.42. The Hall–Kier alpha value is -3.41. The number of nitrogens with zero attached hydrogens (tertiary/aromatic N) is 2. The van der Waals surface area contributed by atoms with Crippen molar-refractivity contribution < 1.29 is 14.3 Å². The van der Waals surface area contributed by atoms with Crippen molar-refractivity contribution in [2.75, 3.05) is 20.3 Å². The number of nitriles is 1. The van der Waals surface area contributed by atoms with Gasteiger partial charge in [0.1, 0.15) is 18.2 Å². The molecule has 2 heterocycles. The van der Waals surface area contributed by atoms with E-state index in [1.165, 1.54) is 0 Å². The SMILES string of the molecule is COCCCNC(=O)Cn1cc(C=C(C#N)C(=O)NCc2cccs2)c2ccccc21. The van der Waals surface area contributed by atoms with Crippen molar-refractivity contribution in [1.82, 2.24) is 15.2 Å². The van der Waals surface area contributed by atoms with Gasteiger partial charge in [0.25, 0.3) is 5.91 Å². The van der Waals surface area contributed by atoms with E-state index in [0.717, 1.165) is 22.2 Å². The van der Waals surface area contributed by atoms with Crippen LogP contribution in [0.4, 0.5) is 0 Å². The number of methoxy groups -OCH3 is 1. The van der Waals surface area contributed by atoms with E-state index in [0.29, 0.717) is 25.3 Å². The highest BCUT2D eigenvalue weighted by molar-refractivity contribution is 7.09. The fourth-order valence-electron chi connectivity index (χ4n) is 3.16. The largest absolute Gasteiger partial charge is 0.385 e. The Kier molecular flexibility index (Phi) is 7.98. The summed E-state index contributed by atoms with van der Waals surface area (Å²) in [6.07, 6.45) is 4.11. The van der Waals surface area contributed by atoms with Crippen molar-refractivity contribution in [2.45, 2.75) is 19.5 Å². The monoisotopic (exact) mass is 436 g/mol. The molecule has 3 rings (SSSR count). The summed E-state index contributed by atoms with van der Waals surface area (Å²) in [5.74, 6) is -0.537. The van der Waals surface area contributed by atoms with Gasteiger partial charge >= 0.3 is 0 Å². The van der Waals surface area contributed by atoms with Gasteiger partial charge in [0.15, 0.2) is 0 Å². The Balaban J connectivity index is 1.77. The van der Waals surface area contributed by atoms with Crippen LogP contribution in [0.2, 0.25) is 0 Å². The molecule has 2 N–H and O–H groups in total. The standard InChI is InChI=1S/C23H24N4O3S/c1-30-10-5-9-25-22(28)16-27-15-18(20-7-2-3-8-21(20)27)12-17(13-24)23(29)26-14-19-6-4-11-31-19/h2-4,6-8,11-12,15H,5,9-10,14,16H2,1H3,(H,25,28)(H,26,29). The number of benzene rings is 1. The quantitative estimate of drug-likeness (QED) is 0.290. The Labute approximate surface area is 184 Å². The minimum absolute atomic E-state index is 0.0171. The lowest BCUT2D eigenvalue weighted by Crippen LogP contribution is -2.28. The second kappa shape index (κ2) is 11.1. The van der Waals surface area contributed by atoms with Crippen LogP contribution in [0, 0.1) is 11.3 Å². The Morgan fingerprint density at radius 3 is 2.81 bits per heavy atom. The summed E-state index contributed by atoms with van der Waals surface area (Å²) in [5, 5.41) is 18.0. The highest BCUT2D eigenvalue weighted by atomic mass is 32.1. The van der Waals surface area contributed by atoms with E-state index in [9.17, 15) is 14.9 Å². The zero-order valence-corrected chi connectivity index (χ0v) is 18.1. The first kappa shape index (κ1) is 22.3. The predicted octanol–water partition coefficient (Wildman–Crippen LogP) is 3.08. The van der Waals surface area contributed by atoms with Crippen molar-refractivity contribution in [2.24, 2.45) is 0 Å². The summed E-state index contributed by atoms with van der Waals surface area (Å²) in [5.41, 5.74) is 1.59. The van der Waals surface area contributed by atoms with Crippen molar-refractivity contribution in [3.63, 3.8) is 0 Å². The molecule has 0 saturated carbocycles. The van der Waals surface area contributed by atoms with Crippen LogP contribution in [-0.2, 0) is 27.4 Å². The second-order valence-corrected chi connectivity index (χ2v) is 7.89. The van der Waals surface area contributed by atoms with Crippen LogP contribution >= 0.6 is 11.3 Å². The molecular formula is C23H24N4O3S. The predicted molar refractivity (Wildman–Crippen MR) is 121 cm³/mol. The van der Waals surface area contributed by atoms with Crippen molar-refractivity contribution >= 4 is 40.1 Å². The number of fused-ring (bicyclic) bond motifs is 1. The van der Waals surface area contributed by atoms with E-state index in [4.69, 9.17) is 4.74 Å². The lowest BCUT2D eigenvalue weighted by Gasteiger charge is -2.07. The van der Waals surface area contributed by atoms with Gasteiger partial charge in [0.05, 0.1) is 6.54 Å². The second-order valence-electron chi connectivity index (χ2n) is 6.86. The molecule has 0 aliphatic carbocycles. The van der Waals surface area contributed by atoms with Crippen LogP contribution in [0.5, 0.6) is 0 Å². The fraction of sp³-hybridized carbons (Fsp3) is 0.261. The number of hydrogen-bond donors (Lipinski definition) is 2. The summed E-state index contributed by atoms with van der Waals surface area (Å²) in [6.45, 7) is 1.66. The van der Waals surface area contributed by atoms with Crippen LogP contribution in [-0.4, -0.2) is 36.6 Å². The van der Waals surface area contributed by atoms with Crippen molar-refractivity contribution in [3.8, 4) is 6.07 Å². The molecule has 2 amide bonds. The summed E-state index contributed by atoms with van der Waals surface area (Å²) in [4.78, 5) is 25.8. The maximum atomic E-state index is 12.5. The van der Waals surface area contributed by atoms with Gasteiger partial charge in [-0.1, -0.05) is 24.3 Å². The number of ether oxygens (including phenoxy) is 1. The molecular weight excluding hydrogens is 412 g/mol. The molecule has 3 aromatic rings. The summed E-state index contributed by atoms with van der Waals surface area (Å²) in [6, 6.07) is 13.4. The van der Waals surface area contributed by atoms with Gasteiger partial charge in [0, 0.05) is 47.8 Å². The van der Waals surface area contributed by atoms with Crippen molar-refractivity contribution in [3.05, 3.63) is 64.0 Å². The summed E-state index contributed by atoms with van der Waals surface area (Å²) in [7, 11) is 1.63. The molecule has 0 aliphatic rings. The molecule has 0 unspecified atom stereocenters. The third kappa shape index (κ3) is 6.04. The molecule has 0 bridgehead atoms. The summed E-state index contributed by atoms with van der Waals surface area (Å²) >= 11 is 1.54. The van der Waals surface area contributed by atoms with E-state index in [-0.39, 0.29) is 18.0 Å². The smallest absolute Gasteiger partial charge is 0.262 e. The van der Waals surface area contributed by atoms with E-state index >= 15 is 0 Å². The van der Waals surface area contributed by atoms with Gasteiger partial charge in [-0.25, -0.2) is 0 Å². The van der Waals surface area contributed by atoms with Crippen LogP contribution in [0.1, 0.15) is 16.9 Å². The van der Waals surface area contributed by atoms with Gasteiger partial charge in [-0.3, -0.25) is 9.59 Å². The molecule has 0 fully saturated rings. The number of rotatable bonds is 10.